The molecule has 32 heavy (non-hydrogen) atoms. The van der Waals surface area contributed by atoms with Gasteiger partial charge in [0.05, 0.1) is 15.5 Å². The molecule has 0 aliphatic carbocycles. The zero-order valence-corrected chi connectivity index (χ0v) is 19.4. The maximum absolute atomic E-state index is 12.9. The molecular weight excluding hydrogens is 475 g/mol. The maximum atomic E-state index is 12.9. The monoisotopic (exact) mass is 494 g/mol. The van der Waals surface area contributed by atoms with E-state index in [0.29, 0.717) is 22.2 Å². The lowest BCUT2D eigenvalue weighted by Gasteiger charge is -2.32. The number of piperidine rings is 1. The Balaban J connectivity index is 1.47. The summed E-state index contributed by atoms with van der Waals surface area (Å²) >= 11 is 12.0. The third kappa shape index (κ3) is 4.66. The number of halogens is 2. The fourth-order valence-electron chi connectivity index (χ4n) is 3.56. The van der Waals surface area contributed by atoms with Crippen LogP contribution in [0.15, 0.2) is 51.8 Å². The van der Waals surface area contributed by atoms with Crippen LogP contribution in [0.4, 0.5) is 6.01 Å². The van der Waals surface area contributed by atoms with E-state index in [9.17, 15) is 13.2 Å². The number of sulfonamides is 1. The van der Waals surface area contributed by atoms with Gasteiger partial charge in [0.15, 0.2) is 0 Å². The summed E-state index contributed by atoms with van der Waals surface area (Å²) in [5.41, 5.74) is 0.727. The van der Waals surface area contributed by atoms with Crippen LogP contribution in [0.5, 0.6) is 0 Å². The lowest BCUT2D eigenvalue weighted by atomic mass is 10.1. The average molecular weight is 495 g/mol. The first kappa shape index (κ1) is 22.7. The van der Waals surface area contributed by atoms with Crippen molar-refractivity contribution in [1.82, 2.24) is 14.5 Å². The van der Waals surface area contributed by atoms with Gasteiger partial charge >= 0.3 is 6.01 Å². The second-order valence-corrected chi connectivity index (χ2v) is 10.2. The molecule has 1 aromatic heterocycles. The van der Waals surface area contributed by atoms with E-state index in [1.807, 2.05) is 6.92 Å². The fourth-order valence-corrected chi connectivity index (χ4v) is 5.75. The molecule has 1 saturated heterocycles. The molecule has 1 unspecified atom stereocenters. The molecule has 11 heteroatoms. The molecule has 2 aromatic carbocycles. The predicted molar refractivity (Wildman–Crippen MR) is 121 cm³/mol. The number of carbonyl (C=O) groups is 1. The minimum Gasteiger partial charge on any atom is -0.403 e. The quantitative estimate of drug-likeness (QED) is 0.542. The number of aromatic nitrogens is 2. The number of hydrogen-bond donors (Lipinski definition) is 1. The zero-order valence-electron chi connectivity index (χ0n) is 17.1. The van der Waals surface area contributed by atoms with Gasteiger partial charge in [0.2, 0.25) is 10.0 Å². The first-order chi connectivity index (χ1) is 15.3. The number of rotatable bonds is 5. The Morgan fingerprint density at radius 1 is 1.12 bits per heavy atom. The van der Waals surface area contributed by atoms with E-state index in [0.717, 1.165) is 19.3 Å². The van der Waals surface area contributed by atoms with Gasteiger partial charge in [-0.2, -0.15) is 4.31 Å². The number of anilines is 1. The van der Waals surface area contributed by atoms with Crippen molar-refractivity contribution in [3.63, 3.8) is 0 Å². The zero-order chi connectivity index (χ0) is 22.9. The molecule has 0 saturated carbocycles. The van der Waals surface area contributed by atoms with Gasteiger partial charge in [0.25, 0.3) is 11.8 Å². The molecule has 4 rings (SSSR count). The van der Waals surface area contributed by atoms with E-state index in [1.165, 1.54) is 28.6 Å². The van der Waals surface area contributed by atoms with Crippen LogP contribution in [-0.2, 0) is 10.0 Å². The van der Waals surface area contributed by atoms with E-state index >= 15 is 0 Å². The average Bonchev–Trinajstić information content (AvgIpc) is 3.22. The normalized spacial score (nSPS) is 17.3. The Morgan fingerprint density at radius 3 is 2.56 bits per heavy atom. The van der Waals surface area contributed by atoms with Gasteiger partial charge in [0, 0.05) is 23.2 Å². The van der Waals surface area contributed by atoms with Crippen molar-refractivity contribution in [2.45, 2.75) is 37.1 Å². The molecule has 1 fully saturated rings. The number of carbonyl (C=O) groups excluding carboxylic acids is 1. The SMILES string of the molecule is CC1CCCCN1S(=O)(=O)c1ccc(C(=O)Nc2nnc(-c3ccc(Cl)cc3Cl)o2)cc1. The summed E-state index contributed by atoms with van der Waals surface area (Å²) in [6.45, 7) is 2.41. The lowest BCUT2D eigenvalue weighted by Crippen LogP contribution is -2.41. The molecule has 8 nitrogen and oxygen atoms in total. The van der Waals surface area contributed by atoms with Gasteiger partial charge in [-0.1, -0.05) is 34.7 Å². The molecule has 1 amide bonds. The highest BCUT2D eigenvalue weighted by Crippen LogP contribution is 2.30. The maximum Gasteiger partial charge on any atom is 0.322 e. The van der Waals surface area contributed by atoms with E-state index in [4.69, 9.17) is 27.6 Å². The van der Waals surface area contributed by atoms with Crippen molar-refractivity contribution >= 4 is 45.1 Å². The highest BCUT2D eigenvalue weighted by atomic mass is 35.5. The largest absolute Gasteiger partial charge is 0.403 e. The van der Waals surface area contributed by atoms with Crippen LogP contribution in [0, 0.1) is 0 Å². The first-order valence-corrected chi connectivity index (χ1v) is 12.2. The van der Waals surface area contributed by atoms with Crippen molar-refractivity contribution in [3.8, 4) is 11.5 Å². The lowest BCUT2D eigenvalue weighted by molar-refractivity contribution is 0.102. The summed E-state index contributed by atoms with van der Waals surface area (Å²) in [5, 5.41) is 11.0. The summed E-state index contributed by atoms with van der Waals surface area (Å²) in [5.74, 6) is -0.392. The fraction of sp³-hybridized carbons (Fsp3) is 0.286. The molecule has 3 aromatic rings. The molecule has 0 radical (unpaired) electrons. The van der Waals surface area contributed by atoms with Gasteiger partial charge in [0.1, 0.15) is 0 Å². The number of hydrogen-bond acceptors (Lipinski definition) is 6. The van der Waals surface area contributed by atoms with Crippen LogP contribution >= 0.6 is 23.2 Å². The second-order valence-electron chi connectivity index (χ2n) is 7.48. The number of nitrogens with zero attached hydrogens (tertiary/aromatic N) is 3. The van der Waals surface area contributed by atoms with Gasteiger partial charge in [-0.15, -0.1) is 5.10 Å². The van der Waals surface area contributed by atoms with Crippen molar-refractivity contribution in [2.75, 3.05) is 11.9 Å². The van der Waals surface area contributed by atoms with Crippen molar-refractivity contribution in [3.05, 3.63) is 58.1 Å². The predicted octanol–water partition coefficient (Wildman–Crippen LogP) is 4.86. The minimum absolute atomic E-state index is 0.0439. The van der Waals surface area contributed by atoms with Crippen molar-refractivity contribution in [2.24, 2.45) is 0 Å². The van der Waals surface area contributed by atoms with E-state index in [2.05, 4.69) is 15.5 Å². The minimum atomic E-state index is -3.61. The Bertz CT molecular complexity index is 1240. The Kier molecular flexibility index (Phi) is 6.52. The molecule has 0 bridgehead atoms. The first-order valence-electron chi connectivity index (χ1n) is 9.98. The molecule has 1 atom stereocenters. The van der Waals surface area contributed by atoms with Crippen LogP contribution in [0.2, 0.25) is 10.0 Å². The summed E-state index contributed by atoms with van der Waals surface area (Å²) < 4.78 is 32.8. The van der Waals surface area contributed by atoms with Crippen molar-refractivity contribution in [1.29, 1.82) is 0 Å². The smallest absolute Gasteiger partial charge is 0.322 e. The molecule has 168 valence electrons. The topological polar surface area (TPSA) is 105 Å². The van der Waals surface area contributed by atoms with Crippen molar-refractivity contribution < 1.29 is 17.6 Å². The standard InChI is InChI=1S/C21H20Cl2N4O4S/c1-13-4-2-3-11-27(13)32(29,30)16-8-5-14(6-9-16)19(28)24-21-26-25-20(31-21)17-10-7-15(22)12-18(17)23/h5-10,12-13H,2-4,11H2,1H3,(H,24,26,28). The summed E-state index contributed by atoms with van der Waals surface area (Å²) in [6, 6.07) is 10.4. The highest BCUT2D eigenvalue weighted by molar-refractivity contribution is 7.89. The molecular formula is C21H20Cl2N4O4S. The van der Waals surface area contributed by atoms with E-state index < -0.39 is 15.9 Å². The molecule has 0 spiro atoms. The number of benzene rings is 2. The third-order valence-electron chi connectivity index (χ3n) is 5.27. The summed E-state index contributed by atoms with van der Waals surface area (Å²) in [6.07, 6.45) is 2.71. The molecule has 2 heterocycles. The van der Waals surface area contributed by atoms with Gasteiger partial charge in [-0.25, -0.2) is 8.42 Å². The Labute approximate surface area is 195 Å². The summed E-state index contributed by atoms with van der Waals surface area (Å²) in [7, 11) is -3.61. The van der Waals surface area contributed by atoms with Gasteiger partial charge in [-0.05, 0) is 62.2 Å². The van der Waals surface area contributed by atoms with Crippen LogP contribution in [0.3, 0.4) is 0 Å². The third-order valence-corrected chi connectivity index (χ3v) is 7.85. The highest BCUT2D eigenvalue weighted by Gasteiger charge is 2.31. The van der Waals surface area contributed by atoms with Crippen LogP contribution in [0.1, 0.15) is 36.5 Å². The Hall–Kier alpha value is -2.46. The molecule has 1 aliphatic rings. The number of amides is 1. The van der Waals surface area contributed by atoms with E-state index in [1.54, 1.807) is 18.2 Å². The van der Waals surface area contributed by atoms with Gasteiger partial charge in [-0.3, -0.25) is 10.1 Å². The van der Waals surface area contributed by atoms with Crippen LogP contribution in [-0.4, -0.2) is 41.4 Å². The Morgan fingerprint density at radius 2 is 1.88 bits per heavy atom. The number of nitrogens with one attached hydrogen (secondary N) is 1. The van der Waals surface area contributed by atoms with E-state index in [-0.39, 0.29) is 28.4 Å². The van der Waals surface area contributed by atoms with Crippen LogP contribution < -0.4 is 5.32 Å². The second kappa shape index (κ2) is 9.19. The molecule has 1 aliphatic heterocycles. The summed E-state index contributed by atoms with van der Waals surface area (Å²) in [4.78, 5) is 12.7. The molecule has 1 N–H and O–H groups in total. The van der Waals surface area contributed by atoms with Crippen LogP contribution in [0.25, 0.3) is 11.5 Å². The van der Waals surface area contributed by atoms with Gasteiger partial charge < -0.3 is 4.42 Å².